The van der Waals surface area contributed by atoms with Crippen molar-refractivity contribution in [2.24, 2.45) is 11.8 Å². The molecule has 0 amide bonds. The van der Waals surface area contributed by atoms with E-state index in [1.54, 1.807) is 0 Å². The van der Waals surface area contributed by atoms with Gasteiger partial charge in [-0.05, 0) is 110 Å². The van der Waals surface area contributed by atoms with Crippen molar-refractivity contribution in [3.8, 4) is 0 Å². The highest BCUT2D eigenvalue weighted by Crippen LogP contribution is 2.45. The number of hydrogen-bond donors (Lipinski definition) is 0. The van der Waals surface area contributed by atoms with Gasteiger partial charge in [0.05, 0.1) is 0 Å². The number of aromatic nitrogens is 1. The summed E-state index contributed by atoms with van der Waals surface area (Å²) in [6.07, 6.45) is 29.1. The van der Waals surface area contributed by atoms with E-state index >= 15 is 0 Å². The fourth-order valence-electron chi connectivity index (χ4n) is 7.74. The molecule has 1 heterocycles. The quantitative estimate of drug-likeness (QED) is 0.246. The highest BCUT2D eigenvalue weighted by atomic mass is 14.6. The van der Waals surface area contributed by atoms with Gasteiger partial charge in [-0.25, -0.2) is 0 Å². The minimum Gasteiger partial charge on any atom is -0.264 e. The van der Waals surface area contributed by atoms with E-state index in [9.17, 15) is 0 Å². The number of pyridine rings is 1. The molecule has 2 atom stereocenters. The maximum atomic E-state index is 4.31. The molecular weight excluding hydrogens is 518 g/mol. The summed E-state index contributed by atoms with van der Waals surface area (Å²) >= 11 is 0. The molecule has 2 unspecified atom stereocenters. The zero-order valence-corrected chi connectivity index (χ0v) is 24.6. The van der Waals surface area contributed by atoms with Crippen LogP contribution in [0.4, 0.5) is 0 Å². The van der Waals surface area contributed by atoms with E-state index in [1.807, 2.05) is 12.4 Å². The standard InChI is InChI=1S/C42H35N/c1-28-27-43-26-25-32(28)30-19-21-31(22-20-30)41-36-15-7-9-17-38(36)42(39-18-10-8-16-37(39)41)40-24-23-33(29-11-3-2-4-12-29)34-13-5-6-14-35(34)40/h2-3,5-11,13-19,21,23-27,36,38H,4,12,20,22H2,1H3. The van der Waals surface area contributed by atoms with Gasteiger partial charge in [0, 0.05) is 24.2 Å². The number of hydrogen-bond acceptors (Lipinski definition) is 1. The maximum absolute atomic E-state index is 4.31. The van der Waals surface area contributed by atoms with Gasteiger partial charge >= 0.3 is 0 Å². The van der Waals surface area contributed by atoms with Gasteiger partial charge in [0.2, 0.25) is 0 Å². The van der Waals surface area contributed by atoms with Crippen LogP contribution in [0.3, 0.4) is 0 Å². The van der Waals surface area contributed by atoms with Crippen LogP contribution < -0.4 is 10.4 Å². The van der Waals surface area contributed by atoms with Crippen LogP contribution in [-0.4, -0.2) is 4.98 Å². The first-order chi connectivity index (χ1) is 21.3. The molecule has 0 fully saturated rings. The lowest BCUT2D eigenvalue weighted by atomic mass is 9.68. The molecule has 0 bridgehead atoms. The molecule has 0 saturated heterocycles. The zero-order valence-electron chi connectivity index (χ0n) is 24.6. The second-order valence-electron chi connectivity index (χ2n) is 12.1. The lowest BCUT2D eigenvalue weighted by Crippen LogP contribution is -2.40. The first kappa shape index (κ1) is 25.9. The molecule has 4 aliphatic rings. The Bertz CT molecular complexity index is 2090. The number of benzene rings is 3. The van der Waals surface area contributed by atoms with Gasteiger partial charge in [-0.2, -0.15) is 0 Å². The zero-order chi connectivity index (χ0) is 28.8. The van der Waals surface area contributed by atoms with Crippen molar-refractivity contribution in [1.29, 1.82) is 0 Å². The molecule has 3 aromatic carbocycles. The molecule has 0 aliphatic heterocycles. The fraction of sp³-hybridized carbons (Fsp3) is 0.167. The van der Waals surface area contributed by atoms with E-state index in [1.165, 1.54) is 71.3 Å². The first-order valence-electron chi connectivity index (χ1n) is 15.7. The van der Waals surface area contributed by atoms with Gasteiger partial charge in [-0.1, -0.05) is 115 Å². The minimum absolute atomic E-state index is 0.287. The number of rotatable bonds is 4. The smallest absolute Gasteiger partial charge is 0.0303 e. The van der Waals surface area contributed by atoms with E-state index in [0.717, 1.165) is 25.7 Å². The topological polar surface area (TPSA) is 12.9 Å². The second-order valence-corrected chi connectivity index (χ2v) is 12.1. The molecule has 4 aromatic rings. The Morgan fingerprint density at radius 2 is 1.23 bits per heavy atom. The number of fused-ring (bicyclic) bond motifs is 3. The van der Waals surface area contributed by atoms with Gasteiger partial charge in [-0.3, -0.25) is 4.98 Å². The van der Waals surface area contributed by atoms with Crippen LogP contribution in [0.25, 0.3) is 33.1 Å². The molecule has 0 radical (unpaired) electrons. The maximum Gasteiger partial charge on any atom is 0.0303 e. The molecule has 8 rings (SSSR count). The van der Waals surface area contributed by atoms with E-state index in [2.05, 4.69) is 133 Å². The van der Waals surface area contributed by atoms with Crippen molar-refractivity contribution < 1.29 is 0 Å². The SMILES string of the molecule is Cc1cnccc1C1=CC=C(C2=c3ccccc3=C(c3ccc(C4=CC=CCC4)c4ccccc34)C3C=CC=CC23)CC1. The predicted molar refractivity (Wildman–Crippen MR) is 181 cm³/mol. The average Bonchev–Trinajstić information content (AvgIpc) is 3.08. The number of nitrogens with zero attached hydrogens (tertiary/aromatic N) is 1. The largest absolute Gasteiger partial charge is 0.264 e. The van der Waals surface area contributed by atoms with Crippen LogP contribution in [0, 0.1) is 18.8 Å². The Morgan fingerprint density at radius 3 is 1.95 bits per heavy atom. The summed E-state index contributed by atoms with van der Waals surface area (Å²) in [5.74, 6) is 0.595. The molecule has 208 valence electrons. The first-order valence-corrected chi connectivity index (χ1v) is 15.7. The summed E-state index contributed by atoms with van der Waals surface area (Å²) in [5, 5.41) is 5.46. The third-order valence-electron chi connectivity index (χ3n) is 9.74. The van der Waals surface area contributed by atoms with Crippen LogP contribution in [0.15, 0.2) is 139 Å². The molecule has 0 spiro atoms. The monoisotopic (exact) mass is 553 g/mol. The van der Waals surface area contributed by atoms with E-state index in [0.29, 0.717) is 5.92 Å². The van der Waals surface area contributed by atoms with Gasteiger partial charge in [-0.15, -0.1) is 0 Å². The Kier molecular flexibility index (Phi) is 6.52. The third kappa shape index (κ3) is 4.43. The molecule has 4 aliphatic carbocycles. The van der Waals surface area contributed by atoms with E-state index in [-0.39, 0.29) is 5.92 Å². The number of aryl methyl sites for hydroxylation is 1. The van der Waals surface area contributed by atoms with Gasteiger partial charge < -0.3 is 0 Å². The summed E-state index contributed by atoms with van der Waals surface area (Å²) in [5.41, 5.74) is 12.6. The molecule has 1 nitrogen and oxygen atoms in total. The predicted octanol–water partition coefficient (Wildman–Crippen LogP) is 8.80. The molecule has 43 heavy (non-hydrogen) atoms. The van der Waals surface area contributed by atoms with Crippen molar-refractivity contribution in [1.82, 2.24) is 4.98 Å². The second kappa shape index (κ2) is 10.8. The van der Waals surface area contributed by atoms with Crippen LogP contribution in [0.2, 0.25) is 0 Å². The van der Waals surface area contributed by atoms with Crippen molar-refractivity contribution in [3.05, 3.63) is 172 Å². The summed E-state index contributed by atoms with van der Waals surface area (Å²) in [6.45, 7) is 2.16. The van der Waals surface area contributed by atoms with Crippen molar-refractivity contribution in [3.63, 3.8) is 0 Å². The van der Waals surface area contributed by atoms with Crippen molar-refractivity contribution in [2.75, 3.05) is 0 Å². The Balaban J connectivity index is 1.36. The Hall–Kier alpha value is -4.75. The summed E-state index contributed by atoms with van der Waals surface area (Å²) in [6, 6.07) is 25.1. The Labute approximate surface area is 254 Å². The molecule has 0 N–H and O–H groups in total. The molecule has 1 aromatic heterocycles. The molecule has 0 saturated carbocycles. The highest BCUT2D eigenvalue weighted by Gasteiger charge is 2.33. The van der Waals surface area contributed by atoms with Crippen LogP contribution in [-0.2, 0) is 0 Å². The van der Waals surface area contributed by atoms with Crippen molar-refractivity contribution >= 4 is 33.1 Å². The lowest BCUT2D eigenvalue weighted by molar-refractivity contribution is 0.680. The van der Waals surface area contributed by atoms with Gasteiger partial charge in [0.25, 0.3) is 0 Å². The number of allylic oxidation sites excluding steroid dienone is 12. The van der Waals surface area contributed by atoms with Gasteiger partial charge in [0.1, 0.15) is 0 Å². The highest BCUT2D eigenvalue weighted by molar-refractivity contribution is 6.02. The molecule has 1 heteroatoms. The molecular formula is C42H35N. The van der Waals surface area contributed by atoms with Crippen LogP contribution in [0.5, 0.6) is 0 Å². The van der Waals surface area contributed by atoms with Crippen LogP contribution in [0.1, 0.15) is 47.9 Å². The average molecular weight is 554 g/mol. The summed E-state index contributed by atoms with van der Waals surface area (Å²) in [7, 11) is 0. The minimum atomic E-state index is 0.287. The van der Waals surface area contributed by atoms with Crippen molar-refractivity contribution in [2.45, 2.75) is 32.6 Å². The summed E-state index contributed by atoms with van der Waals surface area (Å²) < 4.78 is 0. The van der Waals surface area contributed by atoms with E-state index < -0.39 is 0 Å². The third-order valence-corrected chi connectivity index (χ3v) is 9.74. The summed E-state index contributed by atoms with van der Waals surface area (Å²) in [4.78, 5) is 4.31. The fourth-order valence-corrected chi connectivity index (χ4v) is 7.74. The normalized spacial score (nSPS) is 20.8. The van der Waals surface area contributed by atoms with Gasteiger partial charge in [0.15, 0.2) is 0 Å². The lowest BCUT2D eigenvalue weighted by Gasteiger charge is -2.35. The Morgan fingerprint density at radius 1 is 0.581 bits per heavy atom. The van der Waals surface area contributed by atoms with E-state index in [4.69, 9.17) is 0 Å². The van der Waals surface area contributed by atoms with Crippen LogP contribution >= 0.6 is 0 Å².